The Bertz CT molecular complexity index is 861. The van der Waals surface area contributed by atoms with Crippen LogP contribution in [0, 0.1) is 17.0 Å². The first kappa shape index (κ1) is 22.7. The van der Waals surface area contributed by atoms with Gasteiger partial charge < -0.3 is 15.8 Å². The van der Waals surface area contributed by atoms with E-state index in [4.69, 9.17) is 10.5 Å². The van der Waals surface area contributed by atoms with Gasteiger partial charge in [0, 0.05) is 35.9 Å². The highest BCUT2D eigenvalue weighted by Crippen LogP contribution is 2.50. The smallest absolute Gasteiger partial charge is 0.246 e. The van der Waals surface area contributed by atoms with Crippen molar-refractivity contribution in [2.75, 3.05) is 11.9 Å². The first-order valence-electron chi connectivity index (χ1n) is 8.78. The zero-order chi connectivity index (χ0) is 19.8. The Kier molecular flexibility index (Phi) is 6.81. The summed E-state index contributed by atoms with van der Waals surface area (Å²) in [5, 5.41) is 3.21. The van der Waals surface area contributed by atoms with Gasteiger partial charge in [-0.25, -0.2) is 13.8 Å². The van der Waals surface area contributed by atoms with Crippen molar-refractivity contribution in [1.29, 1.82) is 0 Å². The van der Waals surface area contributed by atoms with Gasteiger partial charge in [-0.2, -0.15) is 0 Å². The molecule has 1 aromatic heterocycles. The monoisotopic (exact) mass is 431 g/mol. The third kappa shape index (κ3) is 4.05. The number of anilines is 1. The maximum atomic E-state index is 13.3. The number of hydrogen-bond acceptors (Lipinski definition) is 5. The molecular formula is C19H24ClF2N3O2S. The van der Waals surface area contributed by atoms with Gasteiger partial charge in [-0.05, 0) is 24.6 Å². The van der Waals surface area contributed by atoms with Gasteiger partial charge in [-0.3, -0.25) is 4.79 Å². The number of halogens is 3. The van der Waals surface area contributed by atoms with Crippen molar-refractivity contribution < 1.29 is 18.3 Å². The van der Waals surface area contributed by atoms with E-state index in [9.17, 15) is 13.6 Å². The summed E-state index contributed by atoms with van der Waals surface area (Å²) < 4.78 is 32.0. The number of amides is 1. The SMILES string of the molecule is CCOC1CC(N)(C(=O)Nc2ncc(Cc3ccc(F)c(F)c3)s2)C1(C)C.Cl. The summed E-state index contributed by atoms with van der Waals surface area (Å²) in [7, 11) is 0. The van der Waals surface area contributed by atoms with E-state index in [2.05, 4.69) is 10.3 Å². The van der Waals surface area contributed by atoms with Crippen LogP contribution in [0.1, 0.15) is 37.6 Å². The topological polar surface area (TPSA) is 77.2 Å². The number of thiazole rings is 1. The Hall–Kier alpha value is -1.61. The molecule has 1 aliphatic rings. The normalized spacial score (nSPS) is 22.9. The standard InChI is InChI=1S/C19H23F2N3O2S.ClH/c1-4-26-15-9-19(22,18(15,2)3)16(25)24-17-23-10-12(27-17)7-11-5-6-13(20)14(21)8-11;/h5-6,8,10,15H,4,7,9,22H2,1-3H3,(H,23,24,25);1H. The van der Waals surface area contributed by atoms with Crippen LogP contribution in [0.2, 0.25) is 0 Å². The molecule has 3 rings (SSSR count). The Morgan fingerprint density at radius 3 is 2.71 bits per heavy atom. The van der Waals surface area contributed by atoms with Gasteiger partial charge in [0.25, 0.3) is 0 Å². The second kappa shape index (κ2) is 8.41. The first-order valence-corrected chi connectivity index (χ1v) is 9.59. The van der Waals surface area contributed by atoms with Gasteiger partial charge in [0.1, 0.15) is 5.54 Å². The van der Waals surface area contributed by atoms with Crippen molar-refractivity contribution in [1.82, 2.24) is 4.98 Å². The summed E-state index contributed by atoms with van der Waals surface area (Å²) in [5.41, 5.74) is 5.48. The summed E-state index contributed by atoms with van der Waals surface area (Å²) >= 11 is 1.28. The van der Waals surface area contributed by atoms with Crippen molar-refractivity contribution in [2.45, 2.75) is 45.3 Å². The van der Waals surface area contributed by atoms with Crippen molar-refractivity contribution in [3.05, 3.63) is 46.5 Å². The average molecular weight is 432 g/mol. The van der Waals surface area contributed by atoms with Crippen LogP contribution in [0.4, 0.5) is 13.9 Å². The van der Waals surface area contributed by atoms with E-state index in [1.54, 1.807) is 6.20 Å². The van der Waals surface area contributed by atoms with Gasteiger partial charge in [0.05, 0.1) is 6.10 Å². The van der Waals surface area contributed by atoms with E-state index < -0.39 is 22.6 Å². The lowest BCUT2D eigenvalue weighted by atomic mass is 9.54. The molecule has 0 aliphatic heterocycles. The van der Waals surface area contributed by atoms with Crippen LogP contribution < -0.4 is 11.1 Å². The van der Waals surface area contributed by atoms with Crippen LogP contribution in [0.25, 0.3) is 0 Å². The van der Waals surface area contributed by atoms with Crippen molar-refractivity contribution in [3.63, 3.8) is 0 Å². The molecule has 1 aromatic carbocycles. The lowest BCUT2D eigenvalue weighted by molar-refractivity contribution is -0.166. The fraction of sp³-hybridized carbons (Fsp3) is 0.474. The lowest BCUT2D eigenvalue weighted by Crippen LogP contribution is -2.74. The highest BCUT2D eigenvalue weighted by molar-refractivity contribution is 7.15. The minimum atomic E-state index is -1.03. The maximum Gasteiger partial charge on any atom is 0.246 e. The van der Waals surface area contributed by atoms with E-state index >= 15 is 0 Å². The molecule has 1 heterocycles. The third-order valence-corrected chi connectivity index (χ3v) is 6.28. The fourth-order valence-electron chi connectivity index (χ4n) is 3.33. The lowest BCUT2D eigenvalue weighted by Gasteiger charge is -2.57. The molecule has 1 amide bonds. The van der Waals surface area contributed by atoms with Crippen molar-refractivity contribution in [2.24, 2.45) is 11.1 Å². The molecule has 0 bridgehead atoms. The number of hydrogen-bond donors (Lipinski definition) is 2. The Morgan fingerprint density at radius 2 is 2.11 bits per heavy atom. The van der Waals surface area contributed by atoms with Crippen LogP contribution in [0.5, 0.6) is 0 Å². The predicted molar refractivity (Wildman–Crippen MR) is 108 cm³/mol. The number of ether oxygens (including phenoxy) is 1. The molecule has 2 atom stereocenters. The Labute approximate surface area is 173 Å². The number of carbonyl (C=O) groups excluding carboxylic acids is 1. The summed E-state index contributed by atoms with van der Waals surface area (Å²) in [6, 6.07) is 3.78. The van der Waals surface area contributed by atoms with E-state index in [1.807, 2.05) is 20.8 Å². The molecule has 9 heteroatoms. The minimum absolute atomic E-state index is 0. The molecule has 28 heavy (non-hydrogen) atoms. The zero-order valence-electron chi connectivity index (χ0n) is 15.9. The zero-order valence-corrected chi connectivity index (χ0v) is 17.6. The highest BCUT2D eigenvalue weighted by atomic mass is 35.5. The van der Waals surface area contributed by atoms with E-state index in [0.717, 1.165) is 17.0 Å². The molecule has 5 nitrogen and oxygen atoms in total. The number of benzene rings is 1. The second-order valence-corrected chi connectivity index (χ2v) is 8.47. The van der Waals surface area contributed by atoms with Crippen LogP contribution in [-0.4, -0.2) is 29.1 Å². The number of nitrogens with zero attached hydrogens (tertiary/aromatic N) is 1. The van der Waals surface area contributed by atoms with Gasteiger partial charge in [0.2, 0.25) is 5.91 Å². The Morgan fingerprint density at radius 1 is 1.39 bits per heavy atom. The summed E-state index contributed by atoms with van der Waals surface area (Å²) in [4.78, 5) is 17.7. The molecule has 1 fully saturated rings. The highest BCUT2D eigenvalue weighted by Gasteiger charge is 2.63. The van der Waals surface area contributed by atoms with Crippen molar-refractivity contribution >= 4 is 34.8 Å². The molecule has 0 spiro atoms. The van der Waals surface area contributed by atoms with Gasteiger partial charge >= 0.3 is 0 Å². The predicted octanol–water partition coefficient (Wildman–Crippen LogP) is 3.90. The van der Waals surface area contributed by atoms with Crippen molar-refractivity contribution in [3.8, 4) is 0 Å². The van der Waals surface area contributed by atoms with Crippen LogP contribution in [0.15, 0.2) is 24.4 Å². The quantitative estimate of drug-likeness (QED) is 0.727. The number of aromatic nitrogens is 1. The molecule has 1 saturated carbocycles. The fourth-order valence-corrected chi connectivity index (χ4v) is 4.17. The van der Waals surface area contributed by atoms with Crippen LogP contribution in [0.3, 0.4) is 0 Å². The van der Waals surface area contributed by atoms with E-state index in [0.29, 0.717) is 30.1 Å². The molecule has 2 aromatic rings. The van der Waals surface area contributed by atoms with Crippen LogP contribution >= 0.6 is 23.7 Å². The third-order valence-electron chi connectivity index (χ3n) is 5.37. The summed E-state index contributed by atoms with van der Waals surface area (Å²) in [5.74, 6) is -2.05. The molecule has 2 unspecified atom stereocenters. The molecular weight excluding hydrogens is 408 g/mol. The van der Waals surface area contributed by atoms with E-state index in [-0.39, 0.29) is 24.4 Å². The number of carbonyl (C=O) groups is 1. The number of rotatable bonds is 6. The number of nitrogens with two attached hydrogens (primary N) is 1. The average Bonchev–Trinajstić information content (AvgIpc) is 3.04. The van der Waals surface area contributed by atoms with Gasteiger partial charge in [0.15, 0.2) is 16.8 Å². The Balaban J connectivity index is 0.00000280. The van der Waals surface area contributed by atoms with Crippen LogP contribution in [-0.2, 0) is 16.0 Å². The molecule has 0 saturated heterocycles. The molecule has 154 valence electrons. The minimum Gasteiger partial charge on any atom is -0.378 e. The second-order valence-electron chi connectivity index (χ2n) is 7.35. The first-order chi connectivity index (χ1) is 12.7. The van der Waals surface area contributed by atoms with Gasteiger partial charge in [-0.1, -0.05) is 19.9 Å². The number of nitrogens with one attached hydrogen (secondary N) is 1. The van der Waals surface area contributed by atoms with Gasteiger partial charge in [-0.15, -0.1) is 23.7 Å². The van der Waals surface area contributed by atoms with E-state index in [1.165, 1.54) is 17.4 Å². The maximum absolute atomic E-state index is 13.3. The molecule has 1 aliphatic carbocycles. The molecule has 3 N–H and O–H groups in total. The summed E-state index contributed by atoms with van der Waals surface area (Å²) in [6.07, 6.45) is 2.40. The largest absolute Gasteiger partial charge is 0.378 e. The molecule has 0 radical (unpaired) electrons. The summed E-state index contributed by atoms with van der Waals surface area (Å²) in [6.45, 7) is 6.34.